The molecular weight excluding hydrogens is 410 g/mol. The fourth-order valence-corrected chi connectivity index (χ4v) is 3.69. The number of benzene rings is 1. The molecule has 0 saturated carbocycles. The Morgan fingerprint density at radius 2 is 1.77 bits per heavy atom. The summed E-state index contributed by atoms with van der Waals surface area (Å²) in [4.78, 5) is 28.3. The summed E-state index contributed by atoms with van der Waals surface area (Å²) < 4.78 is 0. The minimum Gasteiger partial charge on any atom is -0.355 e. The lowest BCUT2D eigenvalue weighted by Crippen LogP contribution is -2.34. The van der Waals surface area contributed by atoms with E-state index in [-0.39, 0.29) is 18.2 Å². The van der Waals surface area contributed by atoms with Gasteiger partial charge < -0.3 is 15.1 Å². The van der Waals surface area contributed by atoms with Crippen LogP contribution in [0.3, 0.4) is 0 Å². The molecule has 8 heteroatoms. The van der Waals surface area contributed by atoms with Crippen molar-refractivity contribution in [2.24, 2.45) is 5.14 Å². The summed E-state index contributed by atoms with van der Waals surface area (Å²) in [6.45, 7) is 10.1. The number of hydrogen-bond acceptors (Lipinski definition) is 6. The van der Waals surface area contributed by atoms with Gasteiger partial charge >= 0.3 is 0 Å². The van der Waals surface area contributed by atoms with Crippen LogP contribution in [0.2, 0.25) is 0 Å². The second-order valence-electron chi connectivity index (χ2n) is 7.09. The Kier molecular flexibility index (Phi) is 13.3. The van der Waals surface area contributed by atoms with E-state index in [9.17, 15) is 9.59 Å². The van der Waals surface area contributed by atoms with Crippen LogP contribution < -0.4 is 10.5 Å². The van der Waals surface area contributed by atoms with Crippen LogP contribution in [-0.2, 0) is 22.4 Å². The zero-order valence-corrected chi connectivity index (χ0v) is 19.7. The van der Waals surface area contributed by atoms with Gasteiger partial charge in [-0.2, -0.15) is 5.26 Å². The SMILES string of the molecule is CCN(CC)CCNC(=O)CCCc1ccc(CC(=O)N(CC)/C(=C\C#N)SN)cc1. The molecule has 0 heterocycles. The smallest absolute Gasteiger partial charge is 0.231 e. The summed E-state index contributed by atoms with van der Waals surface area (Å²) in [7, 11) is 0. The third-order valence-electron chi connectivity index (χ3n) is 5.08. The van der Waals surface area contributed by atoms with Crippen molar-refractivity contribution in [3.8, 4) is 6.07 Å². The topological polar surface area (TPSA) is 102 Å². The molecule has 0 aromatic heterocycles. The molecule has 0 saturated heterocycles. The number of hydrogen-bond donors (Lipinski definition) is 2. The summed E-state index contributed by atoms with van der Waals surface area (Å²) in [5, 5.41) is 17.8. The molecule has 0 bridgehead atoms. The number of carbonyl (C=O) groups excluding carboxylic acids is 2. The molecule has 0 fully saturated rings. The van der Waals surface area contributed by atoms with E-state index < -0.39 is 0 Å². The number of amides is 2. The molecule has 0 spiro atoms. The lowest BCUT2D eigenvalue weighted by atomic mass is 10.0. The average Bonchev–Trinajstić information content (AvgIpc) is 2.77. The highest BCUT2D eigenvalue weighted by molar-refractivity contribution is 8.00. The van der Waals surface area contributed by atoms with Crippen molar-refractivity contribution in [3.05, 3.63) is 46.5 Å². The van der Waals surface area contributed by atoms with Crippen LogP contribution in [0.4, 0.5) is 0 Å². The Balaban J connectivity index is 2.45. The van der Waals surface area contributed by atoms with Crippen molar-refractivity contribution in [2.45, 2.75) is 46.5 Å². The van der Waals surface area contributed by atoms with E-state index in [0.29, 0.717) is 24.5 Å². The molecule has 2 amide bonds. The maximum atomic E-state index is 12.6. The van der Waals surface area contributed by atoms with Crippen molar-refractivity contribution in [3.63, 3.8) is 0 Å². The van der Waals surface area contributed by atoms with E-state index in [1.54, 1.807) is 0 Å². The molecule has 0 aliphatic heterocycles. The van der Waals surface area contributed by atoms with Crippen molar-refractivity contribution in [2.75, 3.05) is 32.7 Å². The van der Waals surface area contributed by atoms with Gasteiger partial charge in [-0.3, -0.25) is 14.7 Å². The van der Waals surface area contributed by atoms with Crippen molar-refractivity contribution in [1.29, 1.82) is 5.26 Å². The number of carbonyl (C=O) groups is 2. The van der Waals surface area contributed by atoms with E-state index >= 15 is 0 Å². The first-order valence-corrected chi connectivity index (χ1v) is 11.7. The van der Waals surface area contributed by atoms with Crippen LogP contribution in [0, 0.1) is 11.3 Å². The number of nitrogens with two attached hydrogens (primary N) is 1. The Morgan fingerprint density at radius 1 is 1.13 bits per heavy atom. The first-order chi connectivity index (χ1) is 15.0. The van der Waals surface area contributed by atoms with E-state index in [2.05, 4.69) is 24.1 Å². The van der Waals surface area contributed by atoms with Gasteiger partial charge in [-0.15, -0.1) is 0 Å². The number of aryl methyl sites for hydroxylation is 1. The summed E-state index contributed by atoms with van der Waals surface area (Å²) in [6.07, 6.45) is 3.64. The number of likely N-dealkylation sites (N-methyl/N-ethyl adjacent to an activating group) is 2. The molecule has 0 aliphatic rings. The van der Waals surface area contributed by atoms with Gasteiger partial charge in [0.25, 0.3) is 0 Å². The first kappa shape index (κ1) is 26.7. The van der Waals surface area contributed by atoms with Gasteiger partial charge in [-0.05, 0) is 55.9 Å². The predicted molar refractivity (Wildman–Crippen MR) is 127 cm³/mol. The Morgan fingerprint density at radius 3 is 2.32 bits per heavy atom. The minimum absolute atomic E-state index is 0.0908. The van der Waals surface area contributed by atoms with Crippen LogP contribution in [0.25, 0.3) is 0 Å². The number of nitrogens with one attached hydrogen (secondary N) is 1. The third-order valence-corrected chi connectivity index (χ3v) is 5.66. The van der Waals surface area contributed by atoms with Gasteiger partial charge in [0.05, 0.1) is 12.5 Å². The van der Waals surface area contributed by atoms with E-state index in [1.807, 2.05) is 37.3 Å². The summed E-state index contributed by atoms with van der Waals surface area (Å²) in [5.41, 5.74) is 2.04. The average molecular weight is 446 g/mol. The highest BCUT2D eigenvalue weighted by Crippen LogP contribution is 2.17. The fraction of sp³-hybridized carbons (Fsp3) is 0.522. The second kappa shape index (κ2) is 15.5. The monoisotopic (exact) mass is 445 g/mol. The zero-order valence-electron chi connectivity index (χ0n) is 18.9. The zero-order chi connectivity index (χ0) is 23.1. The van der Waals surface area contributed by atoms with Gasteiger partial charge in [0.1, 0.15) is 5.03 Å². The molecule has 1 rings (SSSR count). The maximum Gasteiger partial charge on any atom is 0.231 e. The number of nitrogens with zero attached hydrogens (tertiary/aromatic N) is 3. The summed E-state index contributed by atoms with van der Waals surface area (Å²) in [5.74, 6) is -0.0101. The summed E-state index contributed by atoms with van der Waals surface area (Å²) >= 11 is 0.897. The van der Waals surface area contributed by atoms with Gasteiger partial charge in [-0.1, -0.05) is 38.1 Å². The quantitative estimate of drug-likeness (QED) is 0.337. The van der Waals surface area contributed by atoms with Gasteiger partial charge in [0, 0.05) is 32.1 Å². The largest absolute Gasteiger partial charge is 0.355 e. The van der Waals surface area contributed by atoms with Crippen LogP contribution >= 0.6 is 11.9 Å². The Labute approximate surface area is 190 Å². The molecule has 1 aromatic carbocycles. The molecule has 0 aliphatic carbocycles. The van der Waals surface area contributed by atoms with Crippen LogP contribution in [-0.4, -0.2) is 54.3 Å². The van der Waals surface area contributed by atoms with Crippen molar-refractivity contribution < 1.29 is 9.59 Å². The third kappa shape index (κ3) is 10.0. The lowest BCUT2D eigenvalue weighted by Gasteiger charge is -2.21. The Hall–Kier alpha value is -2.34. The van der Waals surface area contributed by atoms with Gasteiger partial charge in [-0.25, -0.2) is 0 Å². The van der Waals surface area contributed by atoms with E-state index in [0.717, 1.165) is 55.6 Å². The molecule has 170 valence electrons. The molecular formula is C23H35N5O2S. The molecule has 0 radical (unpaired) electrons. The number of nitriles is 1. The van der Waals surface area contributed by atoms with Crippen LogP contribution in [0.5, 0.6) is 0 Å². The van der Waals surface area contributed by atoms with Crippen LogP contribution in [0.15, 0.2) is 35.4 Å². The number of rotatable bonds is 14. The lowest BCUT2D eigenvalue weighted by molar-refractivity contribution is -0.128. The highest BCUT2D eigenvalue weighted by Gasteiger charge is 2.16. The maximum absolute atomic E-state index is 12.6. The fourth-order valence-electron chi connectivity index (χ4n) is 3.21. The van der Waals surface area contributed by atoms with Crippen molar-refractivity contribution >= 4 is 23.8 Å². The predicted octanol–water partition coefficient (Wildman–Crippen LogP) is 2.83. The minimum atomic E-state index is -0.101. The first-order valence-electron chi connectivity index (χ1n) is 10.8. The number of allylic oxidation sites excluding steroid dienone is 1. The molecule has 7 nitrogen and oxygen atoms in total. The standard InChI is InChI=1S/C23H35N5O2S/c1-4-27(5-2)17-16-26-21(29)9-7-8-19-10-12-20(13-11-19)18-22(30)28(6-3)23(31-25)14-15-24/h10-14H,4-9,16-18,25H2,1-3H3,(H,26,29)/b23-14+. The van der Waals surface area contributed by atoms with E-state index in [1.165, 1.54) is 11.0 Å². The molecule has 31 heavy (non-hydrogen) atoms. The molecule has 0 atom stereocenters. The van der Waals surface area contributed by atoms with E-state index in [4.69, 9.17) is 10.4 Å². The molecule has 3 N–H and O–H groups in total. The second-order valence-corrected chi connectivity index (χ2v) is 7.75. The van der Waals surface area contributed by atoms with Crippen molar-refractivity contribution in [1.82, 2.24) is 15.1 Å². The van der Waals surface area contributed by atoms with Gasteiger partial charge in [0.15, 0.2) is 0 Å². The Bertz CT molecular complexity index is 754. The summed E-state index contributed by atoms with van der Waals surface area (Å²) in [6, 6.07) is 9.80. The normalized spacial score (nSPS) is 11.3. The van der Waals surface area contributed by atoms with Crippen LogP contribution in [0.1, 0.15) is 44.7 Å². The molecule has 0 unspecified atom stereocenters. The van der Waals surface area contributed by atoms with Gasteiger partial charge in [0.2, 0.25) is 11.8 Å². The molecule has 1 aromatic rings. The highest BCUT2D eigenvalue weighted by atomic mass is 32.2.